The number of hydrogen-bond donors (Lipinski definition) is 3. The molecule has 0 spiro atoms. The monoisotopic (exact) mass is 524 g/mol. The molecule has 0 aliphatic carbocycles. The first-order valence-electron chi connectivity index (χ1n) is 12.1. The van der Waals surface area contributed by atoms with Gasteiger partial charge in [-0.1, -0.05) is 29.3 Å². The maximum Gasteiger partial charge on any atom is 0.204 e. The molecule has 7 nitrogen and oxygen atoms in total. The molecule has 0 amide bonds. The van der Waals surface area contributed by atoms with E-state index in [0.29, 0.717) is 34.9 Å². The molecule has 1 aliphatic rings. The molecule has 0 unspecified atom stereocenters. The Morgan fingerprint density at radius 1 is 1.00 bits per heavy atom. The van der Waals surface area contributed by atoms with Crippen molar-refractivity contribution in [2.24, 2.45) is 0 Å². The average Bonchev–Trinajstić information content (AvgIpc) is 3.17. The van der Waals surface area contributed by atoms with Crippen molar-refractivity contribution in [3.63, 3.8) is 0 Å². The number of piperidine rings is 1. The molecule has 0 bridgehead atoms. The summed E-state index contributed by atoms with van der Waals surface area (Å²) in [5, 5.41) is 18.8. The van der Waals surface area contributed by atoms with Gasteiger partial charge in [0.2, 0.25) is 5.95 Å². The summed E-state index contributed by atoms with van der Waals surface area (Å²) in [5.41, 5.74) is 5.32. The Morgan fingerprint density at radius 2 is 1.75 bits per heavy atom. The van der Waals surface area contributed by atoms with Gasteiger partial charge in [-0.2, -0.15) is 0 Å². The summed E-state index contributed by atoms with van der Waals surface area (Å²) in [7, 11) is 2.16. The number of aromatic hydroxyl groups is 1. The van der Waals surface area contributed by atoms with Crippen LogP contribution >= 0.6 is 23.2 Å². The fourth-order valence-electron chi connectivity index (χ4n) is 4.61. The van der Waals surface area contributed by atoms with Gasteiger partial charge in [-0.25, -0.2) is 4.98 Å². The van der Waals surface area contributed by atoms with E-state index in [0.717, 1.165) is 59.9 Å². The van der Waals surface area contributed by atoms with Gasteiger partial charge in [-0.05, 0) is 87.9 Å². The third kappa shape index (κ3) is 5.69. The van der Waals surface area contributed by atoms with Gasteiger partial charge >= 0.3 is 0 Å². The molecule has 2 aromatic heterocycles. The number of rotatable bonds is 7. The van der Waals surface area contributed by atoms with E-state index in [-0.39, 0.29) is 5.75 Å². The number of likely N-dealkylation sites (tertiary alicyclic amines) is 1. The second kappa shape index (κ2) is 10.5. The minimum absolute atomic E-state index is 0.184. The van der Waals surface area contributed by atoms with Crippen LogP contribution in [0.5, 0.6) is 5.75 Å². The maximum atomic E-state index is 10.5. The van der Waals surface area contributed by atoms with E-state index in [1.165, 1.54) is 0 Å². The van der Waals surface area contributed by atoms with Crippen molar-refractivity contribution < 1.29 is 5.11 Å². The molecule has 1 fully saturated rings. The Hall–Kier alpha value is -3.00. The number of benzene rings is 2. The van der Waals surface area contributed by atoms with Gasteiger partial charge in [0.05, 0.1) is 17.6 Å². The number of fused-ring (bicyclic) bond motifs is 1. The molecule has 1 aliphatic heterocycles. The molecule has 3 N–H and O–H groups in total. The summed E-state index contributed by atoms with van der Waals surface area (Å²) in [5.74, 6) is 0.984. The third-order valence-corrected chi connectivity index (χ3v) is 7.06. The highest BCUT2D eigenvalue weighted by Gasteiger charge is 2.21. The maximum absolute atomic E-state index is 10.5. The Morgan fingerprint density at radius 3 is 2.50 bits per heavy atom. The Balaban J connectivity index is 1.47. The second-order valence-electron chi connectivity index (χ2n) is 9.50. The second-order valence-corrected chi connectivity index (χ2v) is 10.4. The molecule has 2 aromatic carbocycles. The van der Waals surface area contributed by atoms with E-state index in [4.69, 9.17) is 28.2 Å². The van der Waals surface area contributed by atoms with Crippen molar-refractivity contribution in [2.75, 3.05) is 30.8 Å². The average molecular weight is 525 g/mol. The van der Waals surface area contributed by atoms with Gasteiger partial charge in [0.1, 0.15) is 11.4 Å². The van der Waals surface area contributed by atoms with Crippen LogP contribution in [-0.4, -0.2) is 50.7 Å². The van der Waals surface area contributed by atoms with E-state index in [1.807, 2.05) is 31.2 Å². The molecule has 3 heterocycles. The summed E-state index contributed by atoms with van der Waals surface area (Å²) >= 11 is 12.3. The predicted molar refractivity (Wildman–Crippen MR) is 147 cm³/mol. The zero-order valence-electron chi connectivity index (χ0n) is 20.4. The number of nitrogens with zero attached hydrogens (tertiary/aromatic N) is 4. The van der Waals surface area contributed by atoms with E-state index in [9.17, 15) is 5.11 Å². The lowest BCUT2D eigenvalue weighted by molar-refractivity contribution is 0.263. The van der Waals surface area contributed by atoms with Crippen molar-refractivity contribution in [1.82, 2.24) is 19.4 Å². The van der Waals surface area contributed by atoms with Crippen LogP contribution in [0.1, 0.15) is 29.8 Å². The van der Waals surface area contributed by atoms with Crippen molar-refractivity contribution >= 4 is 45.9 Å². The van der Waals surface area contributed by atoms with Crippen LogP contribution < -0.4 is 10.6 Å². The summed E-state index contributed by atoms with van der Waals surface area (Å²) in [4.78, 5) is 11.9. The number of hydrogen-bond acceptors (Lipinski definition) is 6. The van der Waals surface area contributed by atoms with Gasteiger partial charge in [0.15, 0.2) is 0 Å². The molecular weight excluding hydrogens is 495 g/mol. The van der Waals surface area contributed by atoms with E-state index >= 15 is 0 Å². The molecule has 0 radical (unpaired) electrons. The molecule has 0 saturated carbocycles. The highest BCUT2D eigenvalue weighted by molar-refractivity contribution is 6.35. The summed E-state index contributed by atoms with van der Waals surface area (Å²) in [6.45, 7) is 5.06. The van der Waals surface area contributed by atoms with Crippen LogP contribution in [-0.2, 0) is 13.1 Å². The molecule has 0 atom stereocenters. The van der Waals surface area contributed by atoms with E-state index < -0.39 is 0 Å². The normalized spacial score (nSPS) is 14.9. The molecular formula is C27H30Cl2N6O. The zero-order chi connectivity index (χ0) is 25.2. The molecule has 1 saturated heterocycles. The van der Waals surface area contributed by atoms with Crippen molar-refractivity contribution in [2.45, 2.75) is 38.9 Å². The molecule has 4 aromatic rings. The van der Waals surface area contributed by atoms with E-state index in [1.54, 1.807) is 12.1 Å². The fraction of sp³-hybridized carbons (Fsp3) is 0.333. The van der Waals surface area contributed by atoms with E-state index in [2.05, 4.69) is 44.3 Å². The van der Waals surface area contributed by atoms with Gasteiger partial charge in [-0.3, -0.25) is 4.98 Å². The van der Waals surface area contributed by atoms with Crippen molar-refractivity contribution in [3.05, 3.63) is 75.5 Å². The quantitative estimate of drug-likeness (QED) is 0.278. The van der Waals surface area contributed by atoms with Crippen LogP contribution in [0.15, 0.2) is 48.5 Å². The van der Waals surface area contributed by atoms with Crippen molar-refractivity contribution in [3.8, 4) is 5.75 Å². The smallest absolute Gasteiger partial charge is 0.204 e. The summed E-state index contributed by atoms with van der Waals surface area (Å²) in [6.07, 6.45) is 2.12. The number of halogens is 2. The lowest BCUT2D eigenvalue weighted by atomic mass is 10.1. The number of imidazole rings is 1. The van der Waals surface area contributed by atoms with Crippen LogP contribution in [0, 0.1) is 6.92 Å². The van der Waals surface area contributed by atoms with Gasteiger partial charge in [0, 0.05) is 34.0 Å². The number of pyridine rings is 1. The first-order valence-corrected chi connectivity index (χ1v) is 12.9. The molecule has 9 heteroatoms. The van der Waals surface area contributed by atoms with Gasteiger partial charge in [0.25, 0.3) is 0 Å². The topological polar surface area (TPSA) is 78.2 Å². The summed E-state index contributed by atoms with van der Waals surface area (Å²) in [6, 6.07) is 15.5. The highest BCUT2D eigenvalue weighted by Crippen LogP contribution is 2.28. The lowest BCUT2D eigenvalue weighted by Crippen LogP contribution is -2.37. The minimum Gasteiger partial charge on any atom is -0.506 e. The largest absolute Gasteiger partial charge is 0.506 e. The van der Waals surface area contributed by atoms with Crippen LogP contribution in [0.2, 0.25) is 10.0 Å². The standard InChI is InChI=1S/C27H30Cl2N6O/c1-17-3-6-26(36)24(31-17)16-35-25-11-18(15-30-22-13-19(28)12-20(29)14-22)4-5-23(25)33-27(35)32-21-7-9-34(2)10-8-21/h3-6,11-14,21,30,36H,7-10,15-16H2,1-2H3,(H,32,33). The lowest BCUT2D eigenvalue weighted by Gasteiger charge is -2.29. The highest BCUT2D eigenvalue weighted by atomic mass is 35.5. The van der Waals surface area contributed by atoms with Gasteiger partial charge in [-0.15, -0.1) is 0 Å². The Bertz CT molecular complexity index is 1360. The number of aryl methyl sites for hydroxylation is 1. The number of nitrogens with one attached hydrogen (secondary N) is 2. The molecule has 188 valence electrons. The van der Waals surface area contributed by atoms with Crippen molar-refractivity contribution in [1.29, 1.82) is 0 Å². The van der Waals surface area contributed by atoms with Crippen LogP contribution in [0.3, 0.4) is 0 Å². The Labute approximate surface area is 221 Å². The number of anilines is 2. The van der Waals surface area contributed by atoms with Crippen LogP contribution in [0.4, 0.5) is 11.6 Å². The fourth-order valence-corrected chi connectivity index (χ4v) is 5.14. The third-order valence-electron chi connectivity index (χ3n) is 6.62. The van der Waals surface area contributed by atoms with Gasteiger partial charge < -0.3 is 25.2 Å². The van der Waals surface area contributed by atoms with Crippen LogP contribution in [0.25, 0.3) is 11.0 Å². The first kappa shape index (κ1) is 24.7. The first-order chi connectivity index (χ1) is 17.3. The minimum atomic E-state index is 0.184. The number of aromatic nitrogens is 3. The Kier molecular flexibility index (Phi) is 7.23. The molecule has 5 rings (SSSR count). The summed E-state index contributed by atoms with van der Waals surface area (Å²) < 4.78 is 2.12. The molecule has 36 heavy (non-hydrogen) atoms. The predicted octanol–water partition coefficient (Wildman–Crippen LogP) is 5.92. The zero-order valence-corrected chi connectivity index (χ0v) is 21.9. The SMILES string of the molecule is Cc1ccc(O)c(Cn2c(NC3CCN(C)CC3)nc3ccc(CNc4cc(Cl)cc(Cl)c4)cc32)n1.